The first kappa shape index (κ1) is 18.3. The summed E-state index contributed by atoms with van der Waals surface area (Å²) in [6.45, 7) is 5.84. The third-order valence-electron chi connectivity index (χ3n) is 4.40. The zero-order valence-corrected chi connectivity index (χ0v) is 15.1. The van der Waals surface area contributed by atoms with Gasteiger partial charge in [0.25, 0.3) is 0 Å². The number of hydrogen-bond acceptors (Lipinski definition) is 3. The van der Waals surface area contributed by atoms with Gasteiger partial charge in [-0.15, -0.1) is 6.42 Å². The second-order valence-electron chi connectivity index (χ2n) is 5.79. The van der Waals surface area contributed by atoms with Crippen LogP contribution in [0.3, 0.4) is 0 Å². The Morgan fingerprint density at radius 2 is 1.79 bits per heavy atom. The van der Waals surface area contributed by atoms with Crippen LogP contribution in [-0.4, -0.2) is 18.3 Å². The first-order chi connectivity index (χ1) is 11.4. The lowest BCUT2D eigenvalue weighted by atomic mass is 9.94. The summed E-state index contributed by atoms with van der Waals surface area (Å²) >= 11 is 0. The monoisotopic (exact) mass is 345 g/mol. The summed E-state index contributed by atoms with van der Waals surface area (Å²) in [6.07, 6.45) is 8.34. The fraction of sp³-hybridized carbons (Fsp3) is 0.368. The van der Waals surface area contributed by atoms with Gasteiger partial charge in [0.15, 0.2) is 0 Å². The fourth-order valence-electron chi connectivity index (χ4n) is 2.73. The summed E-state index contributed by atoms with van der Waals surface area (Å²) in [4.78, 5) is 0.237. The van der Waals surface area contributed by atoms with E-state index in [1.807, 2.05) is 20.8 Å². The molecule has 0 fully saturated rings. The number of nitrogens with zero attached hydrogens (tertiary/aromatic N) is 1. The highest BCUT2D eigenvalue weighted by Gasteiger charge is 2.41. The number of rotatable bonds is 7. The van der Waals surface area contributed by atoms with Crippen LogP contribution in [0.4, 0.5) is 0 Å². The molecule has 1 heterocycles. The van der Waals surface area contributed by atoms with E-state index in [1.165, 1.54) is 10.6 Å². The van der Waals surface area contributed by atoms with Crippen LogP contribution in [-0.2, 0) is 16.6 Å². The SMILES string of the molecule is C#CC(CC)(CC)N(Cc1ccco1)S(=O)(=O)c1ccc(C)cc1. The first-order valence-electron chi connectivity index (χ1n) is 7.99. The Morgan fingerprint density at radius 1 is 1.17 bits per heavy atom. The van der Waals surface area contributed by atoms with Crippen LogP contribution in [0.15, 0.2) is 52.0 Å². The maximum Gasteiger partial charge on any atom is 0.244 e. The Balaban J connectivity index is 2.56. The maximum absolute atomic E-state index is 13.3. The molecule has 0 aliphatic carbocycles. The zero-order valence-electron chi connectivity index (χ0n) is 14.3. The third-order valence-corrected chi connectivity index (χ3v) is 6.33. The van der Waals surface area contributed by atoms with Gasteiger partial charge in [-0.25, -0.2) is 8.42 Å². The zero-order chi connectivity index (χ0) is 17.8. The number of hydrogen-bond donors (Lipinski definition) is 0. The van der Waals surface area contributed by atoms with Crippen LogP contribution >= 0.6 is 0 Å². The lowest BCUT2D eigenvalue weighted by molar-refractivity contribution is 0.214. The molecular formula is C19H23NO3S. The number of sulfonamides is 1. The van der Waals surface area contributed by atoms with Crippen LogP contribution in [0.5, 0.6) is 0 Å². The summed E-state index contributed by atoms with van der Waals surface area (Å²) in [5.41, 5.74) is 0.108. The van der Waals surface area contributed by atoms with Crippen molar-refractivity contribution >= 4 is 10.0 Å². The smallest absolute Gasteiger partial charge is 0.244 e. The largest absolute Gasteiger partial charge is 0.468 e. The Bertz CT molecular complexity index is 795. The van der Waals surface area contributed by atoms with Crippen molar-refractivity contribution in [2.24, 2.45) is 0 Å². The van der Waals surface area contributed by atoms with E-state index in [0.29, 0.717) is 18.6 Å². The van der Waals surface area contributed by atoms with Gasteiger partial charge in [-0.3, -0.25) is 0 Å². The van der Waals surface area contributed by atoms with Crippen LogP contribution in [0.2, 0.25) is 0 Å². The lowest BCUT2D eigenvalue weighted by Gasteiger charge is -2.37. The van der Waals surface area contributed by atoms with Gasteiger partial charge in [0.2, 0.25) is 10.0 Å². The van der Waals surface area contributed by atoms with E-state index in [9.17, 15) is 8.42 Å². The molecule has 0 bridgehead atoms. The van der Waals surface area contributed by atoms with Crippen molar-refractivity contribution in [1.29, 1.82) is 0 Å². The molecule has 0 aliphatic heterocycles. The fourth-order valence-corrected chi connectivity index (χ4v) is 4.53. The highest BCUT2D eigenvalue weighted by Crippen LogP contribution is 2.32. The molecule has 128 valence electrons. The van der Waals surface area contributed by atoms with Crippen LogP contribution in [0.1, 0.15) is 38.0 Å². The molecule has 2 aromatic rings. The van der Waals surface area contributed by atoms with Crippen molar-refractivity contribution in [2.45, 2.75) is 50.6 Å². The molecule has 0 saturated carbocycles. The van der Waals surface area contributed by atoms with Crippen molar-refractivity contribution in [2.75, 3.05) is 0 Å². The van der Waals surface area contributed by atoms with Crippen LogP contribution < -0.4 is 0 Å². The van der Waals surface area contributed by atoms with Crippen molar-refractivity contribution < 1.29 is 12.8 Å². The van der Waals surface area contributed by atoms with E-state index in [-0.39, 0.29) is 11.4 Å². The number of terminal acetylenes is 1. The summed E-state index contributed by atoms with van der Waals surface area (Å²) in [5, 5.41) is 0. The lowest BCUT2D eigenvalue weighted by Crippen LogP contribution is -2.49. The second kappa shape index (κ2) is 7.25. The summed E-state index contributed by atoms with van der Waals surface area (Å²) in [5.74, 6) is 3.28. The number of benzene rings is 1. The van der Waals surface area contributed by atoms with Gasteiger partial charge in [0.1, 0.15) is 5.76 Å². The van der Waals surface area contributed by atoms with E-state index in [4.69, 9.17) is 10.8 Å². The van der Waals surface area contributed by atoms with Crippen molar-refractivity contribution in [3.8, 4) is 12.3 Å². The predicted octanol–water partition coefficient (Wildman–Crippen LogP) is 3.97. The topological polar surface area (TPSA) is 50.5 Å². The van der Waals surface area contributed by atoms with Gasteiger partial charge in [-0.2, -0.15) is 4.31 Å². The summed E-state index contributed by atoms with van der Waals surface area (Å²) in [7, 11) is -3.76. The van der Waals surface area contributed by atoms with E-state index < -0.39 is 15.6 Å². The number of aryl methyl sites for hydroxylation is 1. The minimum absolute atomic E-state index is 0.106. The highest BCUT2D eigenvalue weighted by molar-refractivity contribution is 7.89. The van der Waals surface area contributed by atoms with E-state index in [2.05, 4.69) is 5.92 Å². The van der Waals surface area contributed by atoms with Gasteiger partial charge in [0, 0.05) is 0 Å². The maximum atomic E-state index is 13.3. The molecule has 0 amide bonds. The van der Waals surface area contributed by atoms with Gasteiger partial charge in [-0.05, 0) is 44.0 Å². The molecule has 5 heteroatoms. The minimum atomic E-state index is -3.76. The number of furan rings is 1. The second-order valence-corrected chi connectivity index (χ2v) is 7.65. The molecule has 0 N–H and O–H groups in total. The van der Waals surface area contributed by atoms with Gasteiger partial charge < -0.3 is 4.42 Å². The highest BCUT2D eigenvalue weighted by atomic mass is 32.2. The molecule has 0 radical (unpaired) electrons. The Hall–Kier alpha value is -2.03. The van der Waals surface area contributed by atoms with Crippen molar-refractivity contribution in [3.05, 3.63) is 54.0 Å². The minimum Gasteiger partial charge on any atom is -0.468 e. The van der Waals surface area contributed by atoms with Gasteiger partial charge in [0.05, 0.1) is 23.2 Å². The predicted molar refractivity (Wildman–Crippen MR) is 94.8 cm³/mol. The average Bonchev–Trinajstić information content (AvgIpc) is 3.09. The van der Waals surface area contributed by atoms with Crippen molar-refractivity contribution in [1.82, 2.24) is 4.31 Å². The first-order valence-corrected chi connectivity index (χ1v) is 9.43. The Kier molecular flexibility index (Phi) is 5.53. The molecule has 1 aromatic heterocycles. The van der Waals surface area contributed by atoms with Crippen LogP contribution in [0, 0.1) is 19.3 Å². The molecule has 0 unspecified atom stereocenters. The average molecular weight is 345 g/mol. The normalized spacial score (nSPS) is 12.3. The van der Waals surface area contributed by atoms with Crippen LogP contribution in [0.25, 0.3) is 0 Å². The molecule has 0 atom stereocenters. The third kappa shape index (κ3) is 3.40. The van der Waals surface area contributed by atoms with Crippen molar-refractivity contribution in [3.63, 3.8) is 0 Å². The molecule has 0 saturated heterocycles. The molecule has 24 heavy (non-hydrogen) atoms. The Morgan fingerprint density at radius 3 is 2.25 bits per heavy atom. The summed E-state index contributed by atoms with van der Waals surface area (Å²) < 4.78 is 33.3. The Labute approximate surface area is 144 Å². The summed E-state index contributed by atoms with van der Waals surface area (Å²) in [6, 6.07) is 10.3. The molecular weight excluding hydrogens is 322 g/mol. The molecule has 1 aromatic carbocycles. The molecule has 4 nitrogen and oxygen atoms in total. The van der Waals surface area contributed by atoms with E-state index >= 15 is 0 Å². The van der Waals surface area contributed by atoms with E-state index in [0.717, 1.165) is 5.56 Å². The van der Waals surface area contributed by atoms with Gasteiger partial charge >= 0.3 is 0 Å². The molecule has 2 rings (SSSR count). The standard InChI is InChI=1S/C19H23NO3S/c1-5-19(6-2,7-3)20(15-17-9-8-14-23-17)24(21,22)18-12-10-16(4)11-13-18/h1,8-14H,6-7,15H2,2-4H3. The van der Waals surface area contributed by atoms with E-state index in [1.54, 1.807) is 36.4 Å². The molecule has 0 spiro atoms. The molecule has 0 aliphatic rings. The van der Waals surface area contributed by atoms with Gasteiger partial charge in [-0.1, -0.05) is 37.5 Å². The quantitative estimate of drug-likeness (QED) is 0.714.